The first-order valence-corrected chi connectivity index (χ1v) is 7.46. The van der Waals surface area contributed by atoms with Crippen molar-refractivity contribution >= 4 is 22.4 Å². The summed E-state index contributed by atoms with van der Waals surface area (Å²) in [6.45, 7) is 0. The molecule has 0 radical (unpaired) electrons. The van der Waals surface area contributed by atoms with E-state index in [9.17, 15) is 4.39 Å². The van der Waals surface area contributed by atoms with Crippen LogP contribution in [-0.2, 0) is 7.05 Å². The molecule has 0 saturated carbocycles. The molecule has 0 fully saturated rings. The van der Waals surface area contributed by atoms with Crippen LogP contribution in [0, 0.1) is 5.82 Å². The predicted molar refractivity (Wildman–Crippen MR) is 91.4 cm³/mol. The molecule has 4 aromatic rings. The number of hydrogen-bond acceptors (Lipinski definition) is 4. The first-order chi connectivity index (χ1) is 11.7. The number of benzene rings is 2. The third-order valence-electron chi connectivity index (χ3n) is 3.80. The van der Waals surface area contributed by atoms with E-state index in [0.717, 1.165) is 22.0 Å². The summed E-state index contributed by atoms with van der Waals surface area (Å²) in [6.07, 6.45) is 5.22. The molecule has 4 rings (SSSR count). The van der Waals surface area contributed by atoms with Crippen LogP contribution in [0.15, 0.2) is 61.2 Å². The van der Waals surface area contributed by atoms with Crippen molar-refractivity contribution < 1.29 is 4.39 Å². The Morgan fingerprint density at radius 1 is 1.04 bits per heavy atom. The predicted octanol–water partition coefficient (Wildman–Crippen LogP) is 3.91. The molecule has 0 amide bonds. The average molecular weight is 319 g/mol. The summed E-state index contributed by atoms with van der Waals surface area (Å²) in [5.41, 5.74) is 3.20. The van der Waals surface area contributed by atoms with Crippen molar-refractivity contribution in [3.05, 3.63) is 67.0 Å². The van der Waals surface area contributed by atoms with Gasteiger partial charge in [-0.2, -0.15) is 5.10 Å². The molecule has 0 aliphatic rings. The molecule has 5 nitrogen and oxygen atoms in total. The third-order valence-corrected chi connectivity index (χ3v) is 3.80. The number of para-hydroxylation sites is 1. The minimum atomic E-state index is -0.323. The minimum Gasteiger partial charge on any atom is -0.337 e. The van der Waals surface area contributed by atoms with Gasteiger partial charge in [0.1, 0.15) is 18.0 Å². The SMILES string of the molecule is Cn1cc(-c2ccc3c(Nc4ccccc4F)ncnc3c2)cn1. The molecule has 0 atom stereocenters. The second-order valence-corrected chi connectivity index (χ2v) is 5.46. The van der Waals surface area contributed by atoms with Crippen molar-refractivity contribution in [2.24, 2.45) is 7.05 Å². The first-order valence-electron chi connectivity index (χ1n) is 7.46. The summed E-state index contributed by atoms with van der Waals surface area (Å²) in [4.78, 5) is 8.57. The van der Waals surface area contributed by atoms with Crippen LogP contribution in [0.25, 0.3) is 22.0 Å². The van der Waals surface area contributed by atoms with Crippen LogP contribution in [0.2, 0.25) is 0 Å². The Morgan fingerprint density at radius 3 is 2.71 bits per heavy atom. The minimum absolute atomic E-state index is 0.323. The molecule has 6 heteroatoms. The Labute approximate surface area is 137 Å². The lowest BCUT2D eigenvalue weighted by molar-refractivity contribution is 0.632. The van der Waals surface area contributed by atoms with E-state index in [-0.39, 0.29) is 5.82 Å². The van der Waals surface area contributed by atoms with E-state index in [0.29, 0.717) is 11.5 Å². The maximum Gasteiger partial charge on any atom is 0.146 e. The van der Waals surface area contributed by atoms with Crippen LogP contribution in [-0.4, -0.2) is 19.7 Å². The highest BCUT2D eigenvalue weighted by molar-refractivity contribution is 5.93. The fourth-order valence-electron chi connectivity index (χ4n) is 2.60. The molecule has 2 heterocycles. The lowest BCUT2D eigenvalue weighted by Crippen LogP contribution is -1.98. The van der Waals surface area contributed by atoms with Gasteiger partial charge in [-0.15, -0.1) is 0 Å². The number of aromatic nitrogens is 4. The third kappa shape index (κ3) is 2.58. The zero-order chi connectivity index (χ0) is 16.5. The highest BCUT2D eigenvalue weighted by atomic mass is 19.1. The van der Waals surface area contributed by atoms with E-state index >= 15 is 0 Å². The second kappa shape index (κ2) is 5.73. The van der Waals surface area contributed by atoms with E-state index in [1.165, 1.54) is 12.4 Å². The number of anilines is 2. The molecule has 0 aliphatic heterocycles. The van der Waals surface area contributed by atoms with Crippen LogP contribution < -0.4 is 5.32 Å². The van der Waals surface area contributed by atoms with E-state index in [2.05, 4.69) is 20.4 Å². The summed E-state index contributed by atoms with van der Waals surface area (Å²) in [6, 6.07) is 12.4. The molecule has 118 valence electrons. The quantitative estimate of drug-likeness (QED) is 0.622. The van der Waals surface area contributed by atoms with Crippen molar-refractivity contribution in [2.45, 2.75) is 0 Å². The fraction of sp³-hybridized carbons (Fsp3) is 0.0556. The van der Waals surface area contributed by atoms with Gasteiger partial charge in [0.15, 0.2) is 0 Å². The molecule has 24 heavy (non-hydrogen) atoms. The van der Waals surface area contributed by atoms with Crippen molar-refractivity contribution in [3.8, 4) is 11.1 Å². The summed E-state index contributed by atoms with van der Waals surface area (Å²) in [5.74, 6) is 0.249. The van der Waals surface area contributed by atoms with Gasteiger partial charge in [-0.1, -0.05) is 18.2 Å². The number of hydrogen-bond donors (Lipinski definition) is 1. The van der Waals surface area contributed by atoms with Gasteiger partial charge in [0.2, 0.25) is 0 Å². The van der Waals surface area contributed by atoms with Crippen molar-refractivity contribution in [3.63, 3.8) is 0 Å². The zero-order valence-corrected chi connectivity index (χ0v) is 12.9. The standard InChI is InChI=1S/C18H14FN5/c1-24-10-13(9-22-24)12-6-7-14-17(8-12)20-11-21-18(14)23-16-5-3-2-4-15(16)19/h2-11H,1H3,(H,20,21,23). The molecule has 0 unspecified atom stereocenters. The van der Waals surface area contributed by atoms with E-state index in [4.69, 9.17) is 0 Å². The van der Waals surface area contributed by atoms with Crippen molar-refractivity contribution in [2.75, 3.05) is 5.32 Å². The summed E-state index contributed by atoms with van der Waals surface area (Å²) in [5, 5.41) is 8.05. The molecule has 0 saturated heterocycles. The fourth-order valence-corrected chi connectivity index (χ4v) is 2.60. The zero-order valence-electron chi connectivity index (χ0n) is 12.9. The summed E-state index contributed by atoms with van der Waals surface area (Å²) in [7, 11) is 1.88. The van der Waals surface area contributed by atoms with E-state index < -0.39 is 0 Å². The summed E-state index contributed by atoms with van der Waals surface area (Å²) < 4.78 is 15.6. The van der Waals surface area contributed by atoms with Crippen LogP contribution in [0.4, 0.5) is 15.9 Å². The average Bonchev–Trinajstić information content (AvgIpc) is 3.03. The summed E-state index contributed by atoms with van der Waals surface area (Å²) >= 11 is 0. The van der Waals surface area contributed by atoms with Gasteiger partial charge < -0.3 is 5.32 Å². The molecular weight excluding hydrogens is 305 g/mol. The number of rotatable bonds is 3. The Morgan fingerprint density at radius 2 is 1.92 bits per heavy atom. The molecule has 2 aromatic carbocycles. The highest BCUT2D eigenvalue weighted by Crippen LogP contribution is 2.28. The van der Waals surface area contributed by atoms with Crippen LogP contribution >= 0.6 is 0 Å². The van der Waals surface area contributed by atoms with Gasteiger partial charge in [-0.3, -0.25) is 4.68 Å². The Kier molecular flexibility index (Phi) is 3.42. The molecule has 1 N–H and O–H groups in total. The molecule has 0 spiro atoms. The molecule has 0 bridgehead atoms. The smallest absolute Gasteiger partial charge is 0.146 e. The molecule has 0 aliphatic carbocycles. The van der Waals surface area contributed by atoms with Crippen molar-refractivity contribution in [1.82, 2.24) is 19.7 Å². The van der Waals surface area contributed by atoms with Gasteiger partial charge in [-0.05, 0) is 29.8 Å². The van der Waals surface area contributed by atoms with Gasteiger partial charge in [0, 0.05) is 24.2 Å². The largest absolute Gasteiger partial charge is 0.337 e. The Balaban J connectivity index is 1.77. The number of halogens is 1. The van der Waals surface area contributed by atoms with Gasteiger partial charge >= 0.3 is 0 Å². The Bertz CT molecular complexity index is 1020. The monoisotopic (exact) mass is 319 g/mol. The van der Waals surface area contributed by atoms with Gasteiger partial charge in [0.05, 0.1) is 17.4 Å². The lowest BCUT2D eigenvalue weighted by atomic mass is 10.1. The van der Waals surface area contributed by atoms with E-state index in [1.807, 2.05) is 31.4 Å². The van der Waals surface area contributed by atoms with E-state index in [1.54, 1.807) is 29.1 Å². The number of fused-ring (bicyclic) bond motifs is 1. The number of nitrogens with zero attached hydrogens (tertiary/aromatic N) is 4. The molecular formula is C18H14FN5. The first kappa shape index (κ1) is 14.3. The maximum atomic E-state index is 13.8. The number of nitrogens with one attached hydrogen (secondary N) is 1. The maximum absolute atomic E-state index is 13.8. The second-order valence-electron chi connectivity index (χ2n) is 5.46. The Hall–Kier alpha value is -3.28. The lowest BCUT2D eigenvalue weighted by Gasteiger charge is -2.09. The van der Waals surface area contributed by atoms with Gasteiger partial charge in [-0.25, -0.2) is 14.4 Å². The molecule has 2 aromatic heterocycles. The van der Waals surface area contributed by atoms with Crippen LogP contribution in [0.1, 0.15) is 0 Å². The van der Waals surface area contributed by atoms with Crippen LogP contribution in [0.3, 0.4) is 0 Å². The van der Waals surface area contributed by atoms with Crippen LogP contribution in [0.5, 0.6) is 0 Å². The highest BCUT2D eigenvalue weighted by Gasteiger charge is 2.09. The van der Waals surface area contributed by atoms with Crippen molar-refractivity contribution in [1.29, 1.82) is 0 Å². The topological polar surface area (TPSA) is 55.6 Å². The number of aryl methyl sites for hydroxylation is 1. The van der Waals surface area contributed by atoms with Gasteiger partial charge in [0.25, 0.3) is 0 Å². The normalized spacial score (nSPS) is 10.9.